The molecule has 0 unspecified atom stereocenters. The molecule has 0 radical (unpaired) electrons. The van der Waals surface area contributed by atoms with Crippen molar-refractivity contribution in [3.63, 3.8) is 0 Å². The number of rotatable bonds is 4. The van der Waals surface area contributed by atoms with E-state index in [1.54, 1.807) is 29.8 Å². The molecule has 0 aliphatic heterocycles. The first-order valence-corrected chi connectivity index (χ1v) is 11.8. The molecule has 2 aromatic heterocycles. The fourth-order valence-electron chi connectivity index (χ4n) is 2.29. The number of aromatic nitrogens is 2. The number of fused-ring (bicyclic) bond motifs is 1. The number of benzene rings is 1. The van der Waals surface area contributed by atoms with Gasteiger partial charge in [-0.25, -0.2) is 9.37 Å². The van der Waals surface area contributed by atoms with Crippen LogP contribution in [0, 0.1) is 5.82 Å². The second kappa shape index (κ2) is 6.09. The Morgan fingerprint density at radius 3 is 2.71 bits per heavy atom. The van der Waals surface area contributed by atoms with E-state index in [1.165, 1.54) is 6.07 Å². The Bertz CT molecular complexity index is 863. The van der Waals surface area contributed by atoms with Crippen molar-refractivity contribution in [1.82, 2.24) is 9.38 Å². The zero-order valence-electron chi connectivity index (χ0n) is 14.8. The van der Waals surface area contributed by atoms with Crippen molar-refractivity contribution in [2.45, 2.75) is 45.5 Å². The minimum atomic E-state index is -1.87. The number of thiazole rings is 1. The number of halogens is 1. The van der Waals surface area contributed by atoms with Crippen LogP contribution in [0.1, 0.15) is 26.5 Å². The lowest BCUT2D eigenvalue weighted by atomic mass is 10.1. The van der Waals surface area contributed by atoms with Crippen molar-refractivity contribution in [1.29, 1.82) is 0 Å². The summed E-state index contributed by atoms with van der Waals surface area (Å²) in [5.74, 6) is -0.222. The maximum Gasteiger partial charge on any atom is 0.192 e. The lowest BCUT2D eigenvalue weighted by Crippen LogP contribution is -2.40. The number of imidazole rings is 1. The number of hydrogen-bond acceptors (Lipinski definition) is 3. The molecule has 128 valence electrons. The van der Waals surface area contributed by atoms with Gasteiger partial charge in [0, 0.05) is 0 Å². The second-order valence-electron chi connectivity index (χ2n) is 7.54. The molecule has 0 aliphatic carbocycles. The molecule has 0 spiro atoms. The summed E-state index contributed by atoms with van der Waals surface area (Å²) in [7, 11) is -1.87. The predicted molar refractivity (Wildman–Crippen MR) is 100 cm³/mol. The van der Waals surface area contributed by atoms with Crippen LogP contribution in [-0.2, 0) is 11.0 Å². The first-order valence-electron chi connectivity index (χ1n) is 8.03. The third kappa shape index (κ3) is 3.18. The molecule has 0 bridgehead atoms. The van der Waals surface area contributed by atoms with Crippen LogP contribution in [0.15, 0.2) is 36.8 Å². The average molecular weight is 363 g/mol. The monoisotopic (exact) mass is 362 g/mol. The van der Waals surface area contributed by atoms with Gasteiger partial charge in [0.2, 0.25) is 0 Å². The molecule has 0 N–H and O–H groups in total. The Morgan fingerprint density at radius 2 is 2.04 bits per heavy atom. The van der Waals surface area contributed by atoms with Crippen molar-refractivity contribution in [2.24, 2.45) is 0 Å². The van der Waals surface area contributed by atoms with E-state index in [4.69, 9.17) is 4.43 Å². The van der Waals surface area contributed by atoms with Gasteiger partial charge in [0.1, 0.15) is 17.0 Å². The average Bonchev–Trinajstić information content (AvgIpc) is 3.04. The number of nitrogens with zero attached hydrogens (tertiary/aromatic N) is 2. The normalized spacial score (nSPS) is 12.9. The van der Waals surface area contributed by atoms with E-state index in [2.05, 4.69) is 43.2 Å². The largest absolute Gasteiger partial charge is 0.411 e. The highest BCUT2D eigenvalue weighted by Crippen LogP contribution is 2.39. The summed E-state index contributed by atoms with van der Waals surface area (Å²) >= 11 is 1.62. The molecule has 1 aromatic carbocycles. The zero-order valence-corrected chi connectivity index (χ0v) is 16.6. The Labute approximate surface area is 147 Å². The van der Waals surface area contributed by atoms with Gasteiger partial charge in [-0.1, -0.05) is 32.9 Å². The van der Waals surface area contributed by atoms with Crippen molar-refractivity contribution in [3.8, 4) is 10.4 Å². The first-order chi connectivity index (χ1) is 11.2. The van der Waals surface area contributed by atoms with Gasteiger partial charge in [-0.3, -0.25) is 4.40 Å². The molecule has 2 heterocycles. The van der Waals surface area contributed by atoms with Gasteiger partial charge in [-0.05, 0) is 35.8 Å². The third-order valence-corrected chi connectivity index (χ3v) is 10.5. The highest BCUT2D eigenvalue weighted by Gasteiger charge is 2.37. The fourth-order valence-corrected chi connectivity index (χ4v) is 4.32. The van der Waals surface area contributed by atoms with E-state index in [-0.39, 0.29) is 10.9 Å². The Morgan fingerprint density at radius 1 is 1.29 bits per heavy atom. The van der Waals surface area contributed by atoms with Crippen LogP contribution in [0.2, 0.25) is 18.1 Å². The smallest absolute Gasteiger partial charge is 0.192 e. The molecular weight excluding hydrogens is 339 g/mol. The summed E-state index contributed by atoms with van der Waals surface area (Å²) in [6.07, 6.45) is 3.64. The minimum Gasteiger partial charge on any atom is -0.411 e. The molecule has 0 saturated carbocycles. The van der Waals surface area contributed by atoms with E-state index >= 15 is 0 Å². The lowest BCUT2D eigenvalue weighted by molar-refractivity contribution is 0.272. The van der Waals surface area contributed by atoms with Gasteiger partial charge in [0.25, 0.3) is 0 Å². The van der Waals surface area contributed by atoms with E-state index in [0.717, 1.165) is 21.0 Å². The zero-order chi connectivity index (χ0) is 17.5. The van der Waals surface area contributed by atoms with Crippen molar-refractivity contribution < 1.29 is 8.82 Å². The van der Waals surface area contributed by atoms with Crippen LogP contribution in [0.3, 0.4) is 0 Å². The van der Waals surface area contributed by atoms with Crippen LogP contribution in [0.25, 0.3) is 15.3 Å². The predicted octanol–water partition coefficient (Wildman–Crippen LogP) is 5.72. The molecule has 0 aliphatic rings. The lowest BCUT2D eigenvalue weighted by Gasteiger charge is -2.36. The fraction of sp³-hybridized carbons (Fsp3) is 0.389. The molecule has 0 fully saturated rings. The summed E-state index contributed by atoms with van der Waals surface area (Å²) in [6.45, 7) is 11.7. The second-order valence-corrected chi connectivity index (χ2v) is 13.4. The SMILES string of the molecule is CC(C)(C)[Si](C)(C)OCc1c(-c2cccc(F)c2)sc2cncn12. The van der Waals surface area contributed by atoms with Crippen LogP contribution in [0.4, 0.5) is 4.39 Å². The summed E-state index contributed by atoms with van der Waals surface area (Å²) in [5.41, 5.74) is 1.93. The topological polar surface area (TPSA) is 26.5 Å². The van der Waals surface area contributed by atoms with Gasteiger partial charge >= 0.3 is 0 Å². The van der Waals surface area contributed by atoms with Crippen LogP contribution in [-0.4, -0.2) is 17.7 Å². The highest BCUT2D eigenvalue weighted by molar-refractivity contribution is 7.20. The Kier molecular flexibility index (Phi) is 4.40. The molecule has 3 rings (SSSR count). The van der Waals surface area contributed by atoms with E-state index in [1.807, 2.05) is 12.3 Å². The van der Waals surface area contributed by atoms with Gasteiger partial charge in [0.15, 0.2) is 8.32 Å². The summed E-state index contributed by atoms with van der Waals surface area (Å²) in [4.78, 5) is 6.31. The van der Waals surface area contributed by atoms with Crippen molar-refractivity contribution >= 4 is 24.5 Å². The van der Waals surface area contributed by atoms with E-state index < -0.39 is 8.32 Å². The molecule has 3 aromatic rings. The molecule has 0 amide bonds. The maximum absolute atomic E-state index is 13.7. The van der Waals surface area contributed by atoms with Crippen molar-refractivity contribution in [2.75, 3.05) is 0 Å². The van der Waals surface area contributed by atoms with E-state index in [9.17, 15) is 4.39 Å². The van der Waals surface area contributed by atoms with Crippen LogP contribution < -0.4 is 0 Å². The molecular formula is C18H23FN2OSSi. The molecule has 0 atom stereocenters. The van der Waals surface area contributed by atoms with Crippen molar-refractivity contribution in [3.05, 3.63) is 48.3 Å². The molecule has 24 heavy (non-hydrogen) atoms. The first kappa shape index (κ1) is 17.3. The summed E-state index contributed by atoms with van der Waals surface area (Å²) < 4.78 is 22.1. The van der Waals surface area contributed by atoms with Gasteiger partial charge < -0.3 is 4.43 Å². The quantitative estimate of drug-likeness (QED) is 0.555. The molecule has 3 nitrogen and oxygen atoms in total. The summed E-state index contributed by atoms with van der Waals surface area (Å²) in [6, 6.07) is 6.74. The van der Waals surface area contributed by atoms with E-state index in [0.29, 0.717) is 6.61 Å². The number of hydrogen-bond donors (Lipinski definition) is 0. The standard InChI is InChI=1S/C18H23FN2OSSi/c1-18(2,3)24(4,5)22-11-15-17(13-7-6-8-14(19)9-13)23-16-10-20-12-21(15)16/h6-10,12H,11H2,1-5H3. The summed E-state index contributed by atoms with van der Waals surface area (Å²) in [5, 5.41) is 0.149. The maximum atomic E-state index is 13.7. The van der Waals surface area contributed by atoms with Gasteiger partial charge in [-0.15, -0.1) is 11.3 Å². The Hall–Kier alpha value is -1.50. The molecule has 0 saturated heterocycles. The Balaban J connectivity index is 2.00. The highest BCUT2D eigenvalue weighted by atomic mass is 32.1. The third-order valence-electron chi connectivity index (χ3n) is 4.83. The molecule has 6 heteroatoms. The van der Waals surface area contributed by atoms with Crippen LogP contribution >= 0.6 is 11.3 Å². The van der Waals surface area contributed by atoms with Crippen LogP contribution in [0.5, 0.6) is 0 Å². The minimum absolute atomic E-state index is 0.149. The van der Waals surface area contributed by atoms with Gasteiger partial charge in [0.05, 0.1) is 23.4 Å². The van der Waals surface area contributed by atoms with Gasteiger partial charge in [-0.2, -0.15) is 0 Å².